The molecule has 4 rings (SSSR count). The zero-order valence-corrected chi connectivity index (χ0v) is 24.7. The number of allylic oxidation sites excluding steroid dienone is 7. The smallest absolute Gasteiger partial charge is 0.0608 e. The standard InChI is InChI=1S/C26H26NP.C7H12.Ti/c1-20-8-14-24(15-9-20)28(27-23-6-4-5-7-23,25-16-10-21(2)11-17-25)26-18-12-22(3)13-19-26;1-3-5-7-6-4-2;/h4-6,8-19H,7H2,1-3H3;3,5-7H,4H2,1-2H3;. The summed E-state index contributed by atoms with van der Waals surface area (Å²) in [6.07, 6.45) is 16.7. The van der Waals surface area contributed by atoms with E-state index >= 15 is 0 Å². The van der Waals surface area contributed by atoms with E-state index in [2.05, 4.69) is 131 Å². The topological polar surface area (TPSA) is 12.4 Å². The van der Waals surface area contributed by atoms with E-state index in [4.69, 9.17) is 4.74 Å². The summed E-state index contributed by atoms with van der Waals surface area (Å²) in [5.41, 5.74) is 4.99. The van der Waals surface area contributed by atoms with Crippen molar-refractivity contribution in [3.8, 4) is 0 Å². The van der Waals surface area contributed by atoms with Gasteiger partial charge in [0.05, 0.1) is 7.05 Å². The van der Waals surface area contributed by atoms with Crippen LogP contribution in [0.1, 0.15) is 43.4 Å². The van der Waals surface area contributed by atoms with Crippen LogP contribution in [-0.2, 0) is 21.7 Å². The zero-order valence-electron chi connectivity index (χ0n) is 22.3. The number of hydrogen-bond donors (Lipinski definition) is 0. The molecule has 3 heteroatoms. The second kappa shape index (κ2) is 15.0. The molecule has 0 amide bonds. The SMILES string of the molecule is CC=CC=CCC.Cc1ccc(P(=NC2=CC=CC2)(c2ccc(C)cc2)c2ccc(C)cc2)cc1.[Ti]. The van der Waals surface area contributed by atoms with Gasteiger partial charge in [0.25, 0.3) is 0 Å². The first kappa shape index (κ1) is 29.8. The second-order valence-corrected chi connectivity index (χ2v) is 11.9. The summed E-state index contributed by atoms with van der Waals surface area (Å²) in [5, 5.41) is 3.91. The molecule has 0 bridgehead atoms. The van der Waals surface area contributed by atoms with Crippen molar-refractivity contribution in [1.82, 2.24) is 0 Å². The van der Waals surface area contributed by atoms with Gasteiger partial charge in [0.1, 0.15) is 0 Å². The minimum absolute atomic E-state index is 0. The first-order valence-electron chi connectivity index (χ1n) is 12.5. The van der Waals surface area contributed by atoms with E-state index < -0.39 is 7.05 Å². The van der Waals surface area contributed by atoms with Gasteiger partial charge in [-0.2, -0.15) is 0 Å². The minimum Gasteiger partial charge on any atom is -0.258 e. The summed E-state index contributed by atoms with van der Waals surface area (Å²) in [7, 11) is -2.15. The quantitative estimate of drug-likeness (QED) is 0.173. The van der Waals surface area contributed by atoms with Crippen LogP contribution in [0.15, 0.2) is 126 Å². The molecule has 0 aromatic heterocycles. The van der Waals surface area contributed by atoms with Crippen molar-refractivity contribution < 1.29 is 21.7 Å². The Balaban J connectivity index is 0.000000503. The number of nitrogens with zero attached hydrogens (tertiary/aromatic N) is 1. The van der Waals surface area contributed by atoms with Crippen LogP contribution in [0.3, 0.4) is 0 Å². The monoisotopic (exact) mass is 527 g/mol. The van der Waals surface area contributed by atoms with Crippen LogP contribution in [-0.4, -0.2) is 0 Å². The van der Waals surface area contributed by atoms with E-state index in [1.165, 1.54) is 32.6 Å². The molecule has 0 heterocycles. The van der Waals surface area contributed by atoms with Crippen LogP contribution in [0.5, 0.6) is 0 Å². The summed E-state index contributed by atoms with van der Waals surface area (Å²) in [6.45, 7) is 10.6. The molecule has 184 valence electrons. The Bertz CT molecular complexity index is 1140. The molecule has 0 radical (unpaired) electrons. The van der Waals surface area contributed by atoms with E-state index in [1.807, 2.05) is 19.1 Å². The van der Waals surface area contributed by atoms with Gasteiger partial charge in [0.2, 0.25) is 0 Å². The average molecular weight is 528 g/mol. The summed E-state index contributed by atoms with van der Waals surface area (Å²) in [4.78, 5) is 0. The van der Waals surface area contributed by atoms with E-state index in [0.717, 1.165) is 18.5 Å². The summed E-state index contributed by atoms with van der Waals surface area (Å²) < 4.78 is 5.52. The maximum atomic E-state index is 5.52. The first-order valence-corrected chi connectivity index (χ1v) is 14.2. The molecule has 36 heavy (non-hydrogen) atoms. The van der Waals surface area contributed by atoms with Crippen molar-refractivity contribution in [3.63, 3.8) is 0 Å². The van der Waals surface area contributed by atoms with Gasteiger partial charge >= 0.3 is 0 Å². The van der Waals surface area contributed by atoms with E-state index in [-0.39, 0.29) is 21.7 Å². The van der Waals surface area contributed by atoms with Gasteiger partial charge in [-0.3, -0.25) is 4.74 Å². The largest absolute Gasteiger partial charge is 0.258 e. The molecule has 0 fully saturated rings. The van der Waals surface area contributed by atoms with Crippen molar-refractivity contribution in [1.29, 1.82) is 0 Å². The maximum Gasteiger partial charge on any atom is 0.0608 e. The Labute approximate surface area is 233 Å². The van der Waals surface area contributed by atoms with E-state index in [0.29, 0.717) is 0 Å². The van der Waals surface area contributed by atoms with Crippen LogP contribution in [0.25, 0.3) is 0 Å². The Morgan fingerprint density at radius 1 is 0.722 bits per heavy atom. The predicted octanol–water partition coefficient (Wildman–Crippen LogP) is 8.46. The van der Waals surface area contributed by atoms with Crippen LogP contribution in [0.4, 0.5) is 0 Å². The maximum absolute atomic E-state index is 5.52. The first-order chi connectivity index (χ1) is 17.0. The Morgan fingerprint density at radius 2 is 1.17 bits per heavy atom. The van der Waals surface area contributed by atoms with Gasteiger partial charge in [-0.15, -0.1) is 0 Å². The molecule has 0 aliphatic heterocycles. The fourth-order valence-electron chi connectivity index (χ4n) is 3.93. The van der Waals surface area contributed by atoms with Crippen LogP contribution in [0.2, 0.25) is 0 Å². The number of aryl methyl sites for hydroxylation is 3. The van der Waals surface area contributed by atoms with Gasteiger partial charge < -0.3 is 0 Å². The molecule has 0 saturated heterocycles. The van der Waals surface area contributed by atoms with Crippen LogP contribution in [0, 0.1) is 20.8 Å². The zero-order chi connectivity index (χ0) is 25.1. The number of hydrogen-bond acceptors (Lipinski definition) is 1. The van der Waals surface area contributed by atoms with Gasteiger partial charge in [-0.1, -0.05) is 133 Å². The third-order valence-electron chi connectivity index (χ3n) is 5.93. The normalized spacial score (nSPS) is 12.8. The van der Waals surface area contributed by atoms with Crippen molar-refractivity contribution in [3.05, 3.63) is 138 Å². The van der Waals surface area contributed by atoms with Crippen molar-refractivity contribution in [2.45, 2.75) is 47.5 Å². The molecule has 1 aliphatic carbocycles. The van der Waals surface area contributed by atoms with Gasteiger partial charge in [-0.05, 0) is 40.2 Å². The summed E-state index contributed by atoms with van der Waals surface area (Å²) >= 11 is 0. The third-order valence-corrected chi connectivity index (χ3v) is 9.62. The van der Waals surface area contributed by atoms with E-state index in [9.17, 15) is 0 Å². The van der Waals surface area contributed by atoms with Crippen molar-refractivity contribution in [2.24, 2.45) is 4.74 Å². The Hall–Kier alpha value is -2.44. The molecule has 3 aromatic carbocycles. The Morgan fingerprint density at radius 3 is 1.50 bits per heavy atom. The summed E-state index contributed by atoms with van der Waals surface area (Å²) in [6, 6.07) is 26.9. The third kappa shape index (κ3) is 7.78. The fraction of sp³-hybridized carbons (Fsp3) is 0.212. The van der Waals surface area contributed by atoms with E-state index in [1.54, 1.807) is 0 Å². The second-order valence-electron chi connectivity index (χ2n) is 8.89. The van der Waals surface area contributed by atoms with Crippen LogP contribution >= 0.6 is 7.05 Å². The minimum atomic E-state index is -2.15. The molecule has 0 N–H and O–H groups in total. The van der Waals surface area contributed by atoms with Crippen LogP contribution < -0.4 is 15.9 Å². The fourth-order valence-corrected chi connectivity index (χ4v) is 7.45. The molecular formula is C33H38NPTi. The summed E-state index contributed by atoms with van der Waals surface area (Å²) in [5.74, 6) is 0. The van der Waals surface area contributed by atoms with Gasteiger partial charge in [0, 0.05) is 49.7 Å². The van der Waals surface area contributed by atoms with Gasteiger partial charge in [0.15, 0.2) is 0 Å². The molecule has 0 unspecified atom stereocenters. The molecule has 1 aliphatic rings. The predicted molar refractivity (Wildman–Crippen MR) is 158 cm³/mol. The molecule has 0 spiro atoms. The average Bonchev–Trinajstić information content (AvgIpc) is 3.38. The molecule has 3 aromatic rings. The van der Waals surface area contributed by atoms with Crippen molar-refractivity contribution in [2.75, 3.05) is 0 Å². The Kier molecular flexibility index (Phi) is 12.4. The van der Waals surface area contributed by atoms with Crippen molar-refractivity contribution >= 4 is 23.0 Å². The molecule has 1 nitrogen and oxygen atoms in total. The van der Waals surface area contributed by atoms with Gasteiger partial charge in [-0.25, -0.2) is 0 Å². The molecular weight excluding hydrogens is 489 g/mol. The molecule has 0 atom stereocenters. The number of rotatable bonds is 6. The number of benzene rings is 3. The molecule has 0 saturated carbocycles.